The lowest BCUT2D eigenvalue weighted by atomic mass is 10.1. The number of carbonyl (C=O) groups is 2. The van der Waals surface area contributed by atoms with Gasteiger partial charge in [0.15, 0.2) is 12.4 Å². The van der Waals surface area contributed by atoms with Crippen molar-refractivity contribution in [1.29, 1.82) is 0 Å². The van der Waals surface area contributed by atoms with Crippen LogP contribution in [-0.4, -0.2) is 32.1 Å². The molecule has 0 heterocycles. The molecule has 5 heteroatoms. The van der Waals surface area contributed by atoms with E-state index < -0.39 is 12.1 Å². The summed E-state index contributed by atoms with van der Waals surface area (Å²) in [5.41, 5.74) is 0.292. The van der Waals surface area contributed by atoms with Crippen molar-refractivity contribution in [1.82, 2.24) is 0 Å². The fourth-order valence-corrected chi connectivity index (χ4v) is 1.80. The summed E-state index contributed by atoms with van der Waals surface area (Å²) in [6.45, 7) is 3.98. The standard InChI is InChI=1S/C15H20O5/c1-4-7-14(15(17)19-5-2)20-13-9-6-8-12(18-3)11(13)10-16/h6,8-10,14H,4-5,7H2,1-3H3. The maximum Gasteiger partial charge on any atom is 0.347 e. The van der Waals surface area contributed by atoms with Crippen LogP contribution in [0.4, 0.5) is 0 Å². The summed E-state index contributed by atoms with van der Waals surface area (Å²) in [5.74, 6) is 0.316. The molecule has 0 saturated heterocycles. The molecule has 1 rings (SSSR count). The Morgan fingerprint density at radius 3 is 2.55 bits per heavy atom. The van der Waals surface area contributed by atoms with Gasteiger partial charge in [0, 0.05) is 0 Å². The van der Waals surface area contributed by atoms with E-state index in [-0.39, 0.29) is 0 Å². The van der Waals surface area contributed by atoms with Crippen molar-refractivity contribution in [3.8, 4) is 11.5 Å². The van der Waals surface area contributed by atoms with Crippen molar-refractivity contribution in [2.45, 2.75) is 32.8 Å². The smallest absolute Gasteiger partial charge is 0.347 e. The summed E-state index contributed by atoms with van der Waals surface area (Å²) < 4.78 is 15.7. The highest BCUT2D eigenvalue weighted by atomic mass is 16.6. The molecule has 0 aliphatic carbocycles. The molecule has 0 aliphatic rings. The van der Waals surface area contributed by atoms with Crippen molar-refractivity contribution in [2.75, 3.05) is 13.7 Å². The lowest BCUT2D eigenvalue weighted by molar-refractivity contribution is -0.151. The van der Waals surface area contributed by atoms with Crippen LogP contribution in [0.2, 0.25) is 0 Å². The van der Waals surface area contributed by atoms with Crippen molar-refractivity contribution < 1.29 is 23.8 Å². The van der Waals surface area contributed by atoms with Gasteiger partial charge in [-0.25, -0.2) is 4.79 Å². The molecule has 20 heavy (non-hydrogen) atoms. The van der Waals surface area contributed by atoms with Crippen molar-refractivity contribution >= 4 is 12.3 Å². The fourth-order valence-electron chi connectivity index (χ4n) is 1.80. The Balaban J connectivity index is 2.98. The highest BCUT2D eigenvalue weighted by molar-refractivity contribution is 5.84. The van der Waals surface area contributed by atoms with Gasteiger partial charge in [-0.1, -0.05) is 19.4 Å². The fraction of sp³-hybridized carbons (Fsp3) is 0.467. The molecule has 0 spiro atoms. The summed E-state index contributed by atoms with van der Waals surface area (Å²) in [7, 11) is 1.47. The average Bonchev–Trinajstić information content (AvgIpc) is 2.46. The zero-order valence-corrected chi connectivity index (χ0v) is 12.0. The monoisotopic (exact) mass is 280 g/mol. The molecule has 0 radical (unpaired) electrons. The van der Waals surface area contributed by atoms with Gasteiger partial charge in [0.1, 0.15) is 11.5 Å². The molecule has 0 aromatic heterocycles. The summed E-state index contributed by atoms with van der Waals surface area (Å²) >= 11 is 0. The number of carbonyl (C=O) groups excluding carboxylic acids is 2. The van der Waals surface area contributed by atoms with E-state index in [4.69, 9.17) is 14.2 Å². The lowest BCUT2D eigenvalue weighted by Gasteiger charge is -2.18. The third kappa shape index (κ3) is 3.98. The minimum Gasteiger partial charge on any atom is -0.496 e. The SMILES string of the molecule is CCCC(Oc1cccc(OC)c1C=O)C(=O)OCC. The van der Waals surface area contributed by atoms with E-state index in [9.17, 15) is 9.59 Å². The molecule has 0 bridgehead atoms. The maximum atomic E-state index is 11.8. The van der Waals surface area contributed by atoms with Crippen LogP contribution in [0.15, 0.2) is 18.2 Å². The first-order valence-corrected chi connectivity index (χ1v) is 6.63. The first-order chi connectivity index (χ1) is 9.67. The molecule has 5 nitrogen and oxygen atoms in total. The van der Waals surface area contributed by atoms with Gasteiger partial charge in [-0.05, 0) is 25.5 Å². The normalized spacial score (nSPS) is 11.6. The number of hydrogen-bond acceptors (Lipinski definition) is 5. The first kappa shape index (κ1) is 16.0. The molecule has 1 unspecified atom stereocenters. The Bertz CT molecular complexity index is 456. The molecule has 1 aromatic rings. The molecular formula is C15H20O5. The molecule has 0 fully saturated rings. The van der Waals surface area contributed by atoms with Crippen LogP contribution < -0.4 is 9.47 Å². The predicted octanol–water partition coefficient (Wildman–Crippen LogP) is 2.62. The number of hydrogen-bond donors (Lipinski definition) is 0. The number of rotatable bonds is 8. The van der Waals surface area contributed by atoms with Crippen LogP contribution in [0.5, 0.6) is 11.5 Å². The molecule has 0 amide bonds. The van der Waals surface area contributed by atoms with Gasteiger partial charge in [0.25, 0.3) is 0 Å². The van der Waals surface area contributed by atoms with Crippen LogP contribution >= 0.6 is 0 Å². The molecule has 1 aromatic carbocycles. The van der Waals surface area contributed by atoms with Gasteiger partial charge in [-0.15, -0.1) is 0 Å². The number of methoxy groups -OCH3 is 1. The Morgan fingerprint density at radius 1 is 1.30 bits per heavy atom. The van der Waals surface area contributed by atoms with E-state index in [1.807, 2.05) is 6.92 Å². The van der Waals surface area contributed by atoms with E-state index in [1.54, 1.807) is 25.1 Å². The molecule has 1 atom stereocenters. The Hall–Kier alpha value is -2.04. The quantitative estimate of drug-likeness (QED) is 0.541. The zero-order valence-electron chi connectivity index (χ0n) is 12.0. The third-order valence-corrected chi connectivity index (χ3v) is 2.73. The molecule has 110 valence electrons. The Labute approximate surface area is 118 Å². The zero-order chi connectivity index (χ0) is 15.0. The van der Waals surface area contributed by atoms with Crippen molar-refractivity contribution in [2.24, 2.45) is 0 Å². The average molecular weight is 280 g/mol. The highest BCUT2D eigenvalue weighted by Gasteiger charge is 2.22. The van der Waals surface area contributed by atoms with Gasteiger partial charge in [-0.2, -0.15) is 0 Å². The number of aldehydes is 1. The number of benzene rings is 1. The second-order valence-corrected chi connectivity index (χ2v) is 4.14. The van der Waals surface area contributed by atoms with E-state index >= 15 is 0 Å². The largest absolute Gasteiger partial charge is 0.496 e. The molecule has 0 aliphatic heterocycles. The molecule has 0 N–H and O–H groups in total. The molecular weight excluding hydrogens is 260 g/mol. The summed E-state index contributed by atoms with van der Waals surface area (Å²) in [6.07, 6.45) is 1.23. The summed E-state index contributed by atoms with van der Waals surface area (Å²) in [5, 5.41) is 0. The van der Waals surface area contributed by atoms with Gasteiger partial charge >= 0.3 is 5.97 Å². The highest BCUT2D eigenvalue weighted by Crippen LogP contribution is 2.28. The van der Waals surface area contributed by atoms with Crippen LogP contribution in [0.1, 0.15) is 37.0 Å². The van der Waals surface area contributed by atoms with E-state index in [0.717, 1.165) is 6.42 Å². The van der Waals surface area contributed by atoms with Crippen LogP contribution in [0, 0.1) is 0 Å². The lowest BCUT2D eigenvalue weighted by Crippen LogP contribution is -2.29. The van der Waals surface area contributed by atoms with E-state index in [1.165, 1.54) is 7.11 Å². The third-order valence-electron chi connectivity index (χ3n) is 2.73. The Kier molecular flexibility index (Phi) is 6.56. The second-order valence-electron chi connectivity index (χ2n) is 4.14. The minimum absolute atomic E-state index is 0.292. The van der Waals surface area contributed by atoms with Crippen LogP contribution in [0.25, 0.3) is 0 Å². The number of ether oxygens (including phenoxy) is 3. The van der Waals surface area contributed by atoms with Gasteiger partial charge in [0.05, 0.1) is 19.3 Å². The van der Waals surface area contributed by atoms with Crippen LogP contribution in [-0.2, 0) is 9.53 Å². The maximum absolute atomic E-state index is 11.8. The Morgan fingerprint density at radius 2 is 2.00 bits per heavy atom. The predicted molar refractivity (Wildman–Crippen MR) is 74.3 cm³/mol. The van der Waals surface area contributed by atoms with E-state index in [0.29, 0.717) is 36.4 Å². The summed E-state index contributed by atoms with van der Waals surface area (Å²) in [6, 6.07) is 5.00. The minimum atomic E-state index is -0.717. The summed E-state index contributed by atoms with van der Waals surface area (Å²) in [4.78, 5) is 23.0. The second kappa shape index (κ2) is 8.19. The van der Waals surface area contributed by atoms with Gasteiger partial charge in [0.2, 0.25) is 0 Å². The first-order valence-electron chi connectivity index (χ1n) is 6.63. The van der Waals surface area contributed by atoms with Gasteiger partial charge in [-0.3, -0.25) is 4.79 Å². The molecule has 0 saturated carbocycles. The van der Waals surface area contributed by atoms with E-state index in [2.05, 4.69) is 0 Å². The van der Waals surface area contributed by atoms with Crippen LogP contribution in [0.3, 0.4) is 0 Å². The number of esters is 1. The van der Waals surface area contributed by atoms with Crippen molar-refractivity contribution in [3.05, 3.63) is 23.8 Å². The topological polar surface area (TPSA) is 61.8 Å². The van der Waals surface area contributed by atoms with Crippen molar-refractivity contribution in [3.63, 3.8) is 0 Å². The van der Waals surface area contributed by atoms with Gasteiger partial charge < -0.3 is 14.2 Å².